The molecule has 1 aromatic heterocycles. The minimum absolute atomic E-state index is 0.0662. The Kier molecular flexibility index (Phi) is 4.17. The first-order valence-electron chi connectivity index (χ1n) is 8.35. The molecule has 1 atom stereocenters. The normalized spacial score (nSPS) is 18.2. The van der Waals surface area contributed by atoms with Gasteiger partial charge in [0.25, 0.3) is 0 Å². The van der Waals surface area contributed by atoms with Crippen molar-refractivity contribution in [3.8, 4) is 5.88 Å². The van der Waals surface area contributed by atoms with Crippen molar-refractivity contribution in [3.05, 3.63) is 51.9 Å². The van der Waals surface area contributed by atoms with Gasteiger partial charge in [-0.1, -0.05) is 6.07 Å². The van der Waals surface area contributed by atoms with Gasteiger partial charge in [-0.3, -0.25) is 4.57 Å². The molecular formula is C17H16F2N4O4. The van der Waals surface area contributed by atoms with E-state index >= 15 is 0 Å². The monoisotopic (exact) mass is 378 g/mol. The molecule has 1 saturated heterocycles. The Balaban J connectivity index is 1.53. The van der Waals surface area contributed by atoms with E-state index in [1.54, 1.807) is 6.07 Å². The molecule has 2 aliphatic heterocycles. The fraction of sp³-hybridized carbons (Fsp3) is 0.353. The third kappa shape index (κ3) is 3.18. The van der Waals surface area contributed by atoms with E-state index in [0.29, 0.717) is 37.6 Å². The summed E-state index contributed by atoms with van der Waals surface area (Å²) in [6, 6.07) is 4.89. The summed E-state index contributed by atoms with van der Waals surface area (Å²) in [5, 5.41) is 9.15. The number of carbonyl (C=O) groups is 1. The number of ether oxygens (including phenoxy) is 1. The number of piperazine rings is 1. The molecule has 1 N–H and O–H groups in total. The summed E-state index contributed by atoms with van der Waals surface area (Å²) in [6.07, 6.45) is -0.980. The van der Waals surface area contributed by atoms with Crippen LogP contribution in [0.1, 0.15) is 5.56 Å². The van der Waals surface area contributed by atoms with Gasteiger partial charge in [0.1, 0.15) is 12.4 Å². The van der Waals surface area contributed by atoms with Gasteiger partial charge in [-0.25, -0.2) is 18.4 Å². The van der Waals surface area contributed by atoms with E-state index in [1.807, 2.05) is 4.90 Å². The fourth-order valence-corrected chi connectivity index (χ4v) is 3.44. The Bertz CT molecular complexity index is 964. The van der Waals surface area contributed by atoms with Gasteiger partial charge in [-0.05, 0) is 17.7 Å². The summed E-state index contributed by atoms with van der Waals surface area (Å²) in [6.45, 7) is 1.40. The highest BCUT2D eigenvalue weighted by Gasteiger charge is 2.37. The van der Waals surface area contributed by atoms with E-state index in [9.17, 15) is 18.4 Å². The predicted molar refractivity (Wildman–Crippen MR) is 89.9 cm³/mol. The van der Waals surface area contributed by atoms with E-state index in [2.05, 4.69) is 4.98 Å². The van der Waals surface area contributed by atoms with Gasteiger partial charge in [-0.2, -0.15) is 4.98 Å². The van der Waals surface area contributed by atoms with Crippen LogP contribution in [0, 0.1) is 11.6 Å². The zero-order valence-corrected chi connectivity index (χ0v) is 14.1. The van der Waals surface area contributed by atoms with Crippen molar-refractivity contribution < 1.29 is 23.4 Å². The third-order valence-electron chi connectivity index (χ3n) is 4.78. The molecule has 2 aromatic rings. The maximum Gasteiger partial charge on any atom is 0.407 e. The Morgan fingerprint density at radius 3 is 2.78 bits per heavy atom. The zero-order chi connectivity index (χ0) is 19.1. The molecule has 2 aliphatic rings. The lowest BCUT2D eigenvalue weighted by molar-refractivity contribution is 0.135. The number of benzene rings is 1. The second-order valence-electron chi connectivity index (χ2n) is 6.46. The lowest BCUT2D eigenvalue weighted by atomic mass is 10.2. The topological polar surface area (TPSA) is 87.9 Å². The summed E-state index contributed by atoms with van der Waals surface area (Å²) < 4.78 is 33.2. The molecule has 1 fully saturated rings. The molecule has 8 nitrogen and oxygen atoms in total. The van der Waals surface area contributed by atoms with Gasteiger partial charge < -0.3 is 19.6 Å². The first kappa shape index (κ1) is 17.3. The van der Waals surface area contributed by atoms with Crippen molar-refractivity contribution in [1.29, 1.82) is 0 Å². The lowest BCUT2D eigenvalue weighted by Crippen LogP contribution is -2.53. The Labute approximate surface area is 152 Å². The Hall–Kier alpha value is -3.17. The average Bonchev–Trinajstić information content (AvgIpc) is 3.01. The minimum Gasteiger partial charge on any atom is -0.473 e. The fourth-order valence-electron chi connectivity index (χ4n) is 3.44. The molecule has 4 rings (SSSR count). The number of amides is 1. The number of halogens is 2. The highest BCUT2D eigenvalue weighted by Crippen LogP contribution is 2.29. The summed E-state index contributed by atoms with van der Waals surface area (Å²) in [5.74, 6) is -1.22. The van der Waals surface area contributed by atoms with E-state index in [1.165, 1.54) is 15.5 Å². The van der Waals surface area contributed by atoms with Gasteiger partial charge in [-0.15, -0.1) is 0 Å². The number of rotatable bonds is 3. The second kappa shape index (κ2) is 6.53. The molecule has 1 aromatic carbocycles. The summed E-state index contributed by atoms with van der Waals surface area (Å²) in [4.78, 5) is 30.6. The first-order valence-corrected chi connectivity index (χ1v) is 8.35. The van der Waals surface area contributed by atoms with Crippen LogP contribution in [0.25, 0.3) is 0 Å². The number of hydrogen-bond donors (Lipinski definition) is 1. The molecule has 0 bridgehead atoms. The molecule has 1 amide bonds. The van der Waals surface area contributed by atoms with Crippen molar-refractivity contribution >= 4 is 11.9 Å². The number of anilines is 1. The van der Waals surface area contributed by atoms with Crippen LogP contribution < -0.4 is 15.3 Å². The summed E-state index contributed by atoms with van der Waals surface area (Å²) in [7, 11) is 0. The quantitative estimate of drug-likeness (QED) is 0.866. The van der Waals surface area contributed by atoms with E-state index in [4.69, 9.17) is 9.84 Å². The smallest absolute Gasteiger partial charge is 0.407 e. The van der Waals surface area contributed by atoms with Crippen LogP contribution >= 0.6 is 0 Å². The van der Waals surface area contributed by atoms with E-state index in [0.717, 1.165) is 12.1 Å². The van der Waals surface area contributed by atoms with Gasteiger partial charge >= 0.3 is 11.8 Å². The van der Waals surface area contributed by atoms with Gasteiger partial charge in [0.2, 0.25) is 5.88 Å². The number of aromatic nitrogens is 2. The third-order valence-corrected chi connectivity index (χ3v) is 4.78. The van der Waals surface area contributed by atoms with Gasteiger partial charge in [0.15, 0.2) is 11.6 Å². The van der Waals surface area contributed by atoms with Crippen LogP contribution in [0.2, 0.25) is 0 Å². The van der Waals surface area contributed by atoms with Crippen molar-refractivity contribution in [2.75, 3.05) is 24.5 Å². The molecule has 27 heavy (non-hydrogen) atoms. The number of nitrogens with zero attached hydrogens (tertiary/aromatic N) is 4. The first-order chi connectivity index (χ1) is 12.9. The minimum atomic E-state index is -0.980. The van der Waals surface area contributed by atoms with E-state index < -0.39 is 23.4 Å². The van der Waals surface area contributed by atoms with Crippen LogP contribution in [-0.2, 0) is 13.2 Å². The second-order valence-corrected chi connectivity index (χ2v) is 6.46. The highest BCUT2D eigenvalue weighted by atomic mass is 19.2. The van der Waals surface area contributed by atoms with Crippen molar-refractivity contribution in [2.24, 2.45) is 0 Å². The molecule has 0 aliphatic carbocycles. The standard InChI is InChI=1S/C17H16F2N4O4/c18-12-2-1-10(5-13(12)19)9-27-14-6-15-22-4-3-21(17(25)26)7-11(22)8-23(15)16(24)20-14/h1-2,5-6,11H,3-4,7-9H2,(H,25,26). The Morgan fingerprint density at radius 2 is 2.04 bits per heavy atom. The Morgan fingerprint density at radius 1 is 1.22 bits per heavy atom. The lowest BCUT2D eigenvalue weighted by Gasteiger charge is -2.36. The van der Waals surface area contributed by atoms with Crippen LogP contribution in [0.5, 0.6) is 5.88 Å². The maximum atomic E-state index is 13.3. The molecule has 142 valence electrons. The molecule has 0 saturated carbocycles. The molecule has 0 spiro atoms. The molecule has 3 heterocycles. The molecule has 0 radical (unpaired) electrons. The van der Waals surface area contributed by atoms with Crippen molar-refractivity contribution in [3.63, 3.8) is 0 Å². The average molecular weight is 378 g/mol. The number of fused-ring (bicyclic) bond motifs is 3. The van der Waals surface area contributed by atoms with E-state index in [-0.39, 0.29) is 18.5 Å². The molecule has 1 unspecified atom stereocenters. The van der Waals surface area contributed by atoms with Crippen molar-refractivity contribution in [1.82, 2.24) is 14.5 Å². The predicted octanol–water partition coefficient (Wildman–Crippen LogP) is 1.28. The SMILES string of the molecule is O=C(O)N1CCN2c3cc(OCc4ccc(F)c(F)c4)nc(=O)n3CC2C1. The van der Waals surface area contributed by atoms with Crippen LogP contribution in [0.15, 0.2) is 29.1 Å². The van der Waals surface area contributed by atoms with Crippen LogP contribution in [0.3, 0.4) is 0 Å². The highest BCUT2D eigenvalue weighted by molar-refractivity contribution is 5.66. The van der Waals surface area contributed by atoms with Gasteiger partial charge in [0.05, 0.1) is 12.6 Å². The number of carboxylic acid groups (broad SMARTS) is 1. The number of hydrogen-bond acceptors (Lipinski definition) is 5. The largest absolute Gasteiger partial charge is 0.473 e. The van der Waals surface area contributed by atoms with Crippen molar-refractivity contribution in [2.45, 2.75) is 19.2 Å². The molecular weight excluding hydrogens is 362 g/mol. The van der Waals surface area contributed by atoms with Crippen LogP contribution in [0.4, 0.5) is 19.4 Å². The zero-order valence-electron chi connectivity index (χ0n) is 14.1. The van der Waals surface area contributed by atoms with Gasteiger partial charge in [0, 0.05) is 25.7 Å². The van der Waals surface area contributed by atoms with Crippen LogP contribution in [-0.4, -0.2) is 51.3 Å². The summed E-state index contributed by atoms with van der Waals surface area (Å²) >= 11 is 0. The molecule has 10 heteroatoms. The summed E-state index contributed by atoms with van der Waals surface area (Å²) in [5.41, 5.74) is -0.0895. The maximum absolute atomic E-state index is 13.3.